The standard InChI is InChI=1S/C26H29N3O6/c1-6-35-18-10-9-17(14-19(18)34-5)22-20(24(31)26(32)29(22)12-13-33-4)23(30)21-16(3)28-11-7-8-15(2)25(28)27-21/h7-11,14,22,30H,6,12-13H2,1-5H3. The molecular weight excluding hydrogens is 450 g/mol. The maximum atomic E-state index is 13.3. The molecule has 1 fully saturated rings. The van der Waals surface area contributed by atoms with Crippen molar-refractivity contribution in [3.05, 3.63) is 64.6 Å². The van der Waals surface area contributed by atoms with Gasteiger partial charge >= 0.3 is 0 Å². The highest BCUT2D eigenvalue weighted by molar-refractivity contribution is 6.46. The molecule has 9 nitrogen and oxygen atoms in total. The number of aliphatic hydroxyl groups excluding tert-OH is 1. The third-order valence-corrected chi connectivity index (χ3v) is 6.19. The van der Waals surface area contributed by atoms with Crippen molar-refractivity contribution >= 4 is 23.1 Å². The highest BCUT2D eigenvalue weighted by Crippen LogP contribution is 2.42. The van der Waals surface area contributed by atoms with Gasteiger partial charge in [-0.1, -0.05) is 12.1 Å². The zero-order valence-corrected chi connectivity index (χ0v) is 20.5. The first-order valence-electron chi connectivity index (χ1n) is 11.4. The summed E-state index contributed by atoms with van der Waals surface area (Å²) in [6.45, 7) is 6.44. The largest absolute Gasteiger partial charge is 0.505 e. The highest BCUT2D eigenvalue weighted by atomic mass is 16.5. The van der Waals surface area contributed by atoms with Crippen LogP contribution in [-0.4, -0.2) is 65.1 Å². The van der Waals surface area contributed by atoms with Crippen LogP contribution in [0.1, 0.15) is 35.5 Å². The number of aromatic nitrogens is 2. The van der Waals surface area contributed by atoms with E-state index in [4.69, 9.17) is 14.2 Å². The molecule has 0 saturated carbocycles. The molecule has 35 heavy (non-hydrogen) atoms. The second-order valence-corrected chi connectivity index (χ2v) is 8.26. The number of imidazole rings is 1. The van der Waals surface area contributed by atoms with Gasteiger partial charge in [-0.15, -0.1) is 0 Å². The molecule has 1 saturated heterocycles. The zero-order valence-electron chi connectivity index (χ0n) is 20.5. The van der Waals surface area contributed by atoms with Gasteiger partial charge in [-0.3, -0.25) is 9.59 Å². The van der Waals surface area contributed by atoms with Crippen molar-refractivity contribution in [1.82, 2.24) is 14.3 Å². The molecule has 0 spiro atoms. The van der Waals surface area contributed by atoms with Crippen molar-refractivity contribution in [2.45, 2.75) is 26.8 Å². The molecule has 1 N–H and O–H groups in total. The number of fused-ring (bicyclic) bond motifs is 1. The van der Waals surface area contributed by atoms with E-state index in [0.29, 0.717) is 35.0 Å². The first-order chi connectivity index (χ1) is 16.8. The Hall–Kier alpha value is -3.85. The normalized spacial score (nSPS) is 17.4. The zero-order chi connectivity index (χ0) is 25.3. The van der Waals surface area contributed by atoms with Gasteiger partial charge in [0.1, 0.15) is 11.3 Å². The SMILES string of the molecule is CCOc1ccc(C2C(=C(O)c3nc4c(C)cccn4c3C)C(=O)C(=O)N2CCOC)cc1OC. The van der Waals surface area contributed by atoms with Gasteiger partial charge in [0, 0.05) is 19.9 Å². The van der Waals surface area contributed by atoms with Crippen molar-refractivity contribution < 1.29 is 28.9 Å². The smallest absolute Gasteiger partial charge is 0.295 e. The lowest BCUT2D eigenvalue weighted by Crippen LogP contribution is -2.32. The molecule has 4 rings (SSSR count). The number of hydrogen-bond acceptors (Lipinski definition) is 7. The molecule has 0 bridgehead atoms. The van der Waals surface area contributed by atoms with Crippen molar-refractivity contribution in [3.63, 3.8) is 0 Å². The van der Waals surface area contributed by atoms with Gasteiger partial charge in [0.2, 0.25) is 0 Å². The van der Waals surface area contributed by atoms with E-state index in [1.165, 1.54) is 19.1 Å². The summed E-state index contributed by atoms with van der Waals surface area (Å²) in [7, 11) is 3.04. The van der Waals surface area contributed by atoms with E-state index >= 15 is 0 Å². The predicted molar refractivity (Wildman–Crippen MR) is 130 cm³/mol. The summed E-state index contributed by atoms with van der Waals surface area (Å²) in [4.78, 5) is 32.3. The van der Waals surface area contributed by atoms with E-state index in [2.05, 4.69) is 4.98 Å². The van der Waals surface area contributed by atoms with E-state index < -0.39 is 17.7 Å². The van der Waals surface area contributed by atoms with Crippen LogP contribution in [0.2, 0.25) is 0 Å². The number of carbonyl (C=O) groups is 2. The maximum absolute atomic E-state index is 13.3. The Balaban J connectivity index is 1.93. The first kappa shape index (κ1) is 24.3. The third kappa shape index (κ3) is 4.12. The molecule has 0 radical (unpaired) electrons. The van der Waals surface area contributed by atoms with Crippen LogP contribution >= 0.6 is 0 Å². The van der Waals surface area contributed by atoms with Crippen LogP contribution in [0.25, 0.3) is 11.4 Å². The summed E-state index contributed by atoms with van der Waals surface area (Å²) in [6, 6.07) is 8.17. The van der Waals surface area contributed by atoms with Crippen LogP contribution < -0.4 is 9.47 Å². The quantitative estimate of drug-likeness (QED) is 0.300. The molecule has 1 amide bonds. The number of amides is 1. The number of benzene rings is 1. The molecule has 1 unspecified atom stereocenters. The molecule has 3 aromatic rings. The first-order valence-corrected chi connectivity index (χ1v) is 11.4. The Morgan fingerprint density at radius 3 is 2.57 bits per heavy atom. The average molecular weight is 480 g/mol. The number of hydrogen-bond donors (Lipinski definition) is 1. The average Bonchev–Trinajstić information content (AvgIpc) is 3.32. The molecule has 0 aliphatic carbocycles. The van der Waals surface area contributed by atoms with E-state index in [0.717, 1.165) is 5.56 Å². The number of carbonyl (C=O) groups excluding carboxylic acids is 2. The number of ketones is 1. The lowest BCUT2D eigenvalue weighted by atomic mass is 9.96. The van der Waals surface area contributed by atoms with Gasteiger partial charge in [-0.2, -0.15) is 0 Å². The number of pyridine rings is 1. The fraction of sp³-hybridized carbons (Fsp3) is 0.346. The van der Waals surface area contributed by atoms with E-state index in [-0.39, 0.29) is 30.2 Å². The highest BCUT2D eigenvalue weighted by Gasteiger charge is 2.46. The van der Waals surface area contributed by atoms with Crippen LogP contribution in [0, 0.1) is 13.8 Å². The molecule has 184 valence electrons. The van der Waals surface area contributed by atoms with E-state index in [9.17, 15) is 14.7 Å². The lowest BCUT2D eigenvalue weighted by Gasteiger charge is -2.25. The Morgan fingerprint density at radius 1 is 1.14 bits per heavy atom. The molecule has 9 heteroatoms. The molecule has 3 heterocycles. The summed E-state index contributed by atoms with van der Waals surface area (Å²) in [5.74, 6) is -0.800. The molecule has 1 aromatic carbocycles. The summed E-state index contributed by atoms with van der Waals surface area (Å²) in [5.41, 5.74) is 3.07. The van der Waals surface area contributed by atoms with Crippen LogP contribution in [0.3, 0.4) is 0 Å². The number of methoxy groups -OCH3 is 2. The Morgan fingerprint density at radius 2 is 1.91 bits per heavy atom. The summed E-state index contributed by atoms with van der Waals surface area (Å²) in [6.07, 6.45) is 1.84. The van der Waals surface area contributed by atoms with Crippen LogP contribution in [0.15, 0.2) is 42.1 Å². The van der Waals surface area contributed by atoms with Gasteiger partial charge in [-0.25, -0.2) is 4.98 Å². The number of likely N-dealkylation sites (tertiary alicyclic amines) is 1. The van der Waals surface area contributed by atoms with Gasteiger partial charge < -0.3 is 28.6 Å². The van der Waals surface area contributed by atoms with Crippen molar-refractivity contribution in [1.29, 1.82) is 0 Å². The fourth-order valence-electron chi connectivity index (χ4n) is 4.45. The topological polar surface area (TPSA) is 103 Å². The van der Waals surface area contributed by atoms with Gasteiger partial charge in [-0.05, 0) is 50.1 Å². The minimum atomic E-state index is -0.847. The Kier molecular flexibility index (Phi) is 6.79. The number of rotatable bonds is 8. The predicted octanol–water partition coefficient (Wildman–Crippen LogP) is 3.43. The molecule has 1 atom stereocenters. The summed E-state index contributed by atoms with van der Waals surface area (Å²) < 4.78 is 18.1. The van der Waals surface area contributed by atoms with Crippen molar-refractivity contribution in [2.75, 3.05) is 34.0 Å². The number of aliphatic hydroxyl groups is 1. The monoisotopic (exact) mass is 479 g/mol. The lowest BCUT2D eigenvalue weighted by molar-refractivity contribution is -0.140. The van der Waals surface area contributed by atoms with Gasteiger partial charge in [0.25, 0.3) is 11.7 Å². The molecule has 2 aromatic heterocycles. The minimum Gasteiger partial charge on any atom is -0.505 e. The maximum Gasteiger partial charge on any atom is 0.295 e. The van der Waals surface area contributed by atoms with Crippen molar-refractivity contribution in [3.8, 4) is 11.5 Å². The Bertz CT molecular complexity index is 1330. The second-order valence-electron chi connectivity index (χ2n) is 8.26. The van der Waals surface area contributed by atoms with Crippen LogP contribution in [-0.2, 0) is 14.3 Å². The fourth-order valence-corrected chi connectivity index (χ4v) is 4.45. The number of aryl methyl sites for hydroxylation is 2. The molecule has 1 aliphatic heterocycles. The third-order valence-electron chi connectivity index (χ3n) is 6.19. The summed E-state index contributed by atoms with van der Waals surface area (Å²) in [5, 5.41) is 11.4. The van der Waals surface area contributed by atoms with Crippen LogP contribution in [0.4, 0.5) is 0 Å². The number of Topliss-reactive ketones (excluding diaryl/α,β-unsaturated/α-hetero) is 1. The minimum absolute atomic E-state index is 0.0264. The second kappa shape index (κ2) is 9.79. The number of nitrogens with zero attached hydrogens (tertiary/aromatic N) is 3. The number of ether oxygens (including phenoxy) is 3. The van der Waals surface area contributed by atoms with E-state index in [1.54, 1.807) is 18.2 Å². The Labute approximate surface area is 203 Å². The van der Waals surface area contributed by atoms with Crippen LogP contribution in [0.5, 0.6) is 11.5 Å². The summed E-state index contributed by atoms with van der Waals surface area (Å²) >= 11 is 0. The van der Waals surface area contributed by atoms with Gasteiger partial charge in [0.05, 0.1) is 37.6 Å². The van der Waals surface area contributed by atoms with E-state index in [1.807, 2.05) is 43.5 Å². The van der Waals surface area contributed by atoms with Gasteiger partial charge in [0.15, 0.2) is 17.3 Å². The molecule has 1 aliphatic rings. The molecular formula is C26H29N3O6. The van der Waals surface area contributed by atoms with Crippen molar-refractivity contribution in [2.24, 2.45) is 0 Å².